The Morgan fingerprint density at radius 1 is 1.00 bits per heavy atom. The molecule has 1 heterocycles. The van der Waals surface area contributed by atoms with Gasteiger partial charge < -0.3 is 20.1 Å². The first-order valence-corrected chi connectivity index (χ1v) is 10.8. The van der Waals surface area contributed by atoms with Crippen molar-refractivity contribution in [3.05, 3.63) is 86.9 Å². The van der Waals surface area contributed by atoms with Gasteiger partial charge in [0.25, 0.3) is 11.7 Å². The van der Waals surface area contributed by atoms with Crippen molar-refractivity contribution in [2.45, 2.75) is 13.0 Å². The Hall–Kier alpha value is -3.68. The van der Waals surface area contributed by atoms with E-state index in [0.717, 1.165) is 10.5 Å². The second kappa shape index (κ2) is 8.93. The Morgan fingerprint density at radius 3 is 2.32 bits per heavy atom. The van der Waals surface area contributed by atoms with E-state index in [9.17, 15) is 24.9 Å². The summed E-state index contributed by atoms with van der Waals surface area (Å²) in [6.07, 6.45) is 0. The molecule has 0 bridgehead atoms. The average molecular weight is 500 g/mol. The maximum atomic E-state index is 13.3. The number of phenolic OH excluding ortho intramolecular Hbond substituents is 2. The zero-order valence-corrected chi connectivity index (χ0v) is 19.6. The van der Waals surface area contributed by atoms with Crippen molar-refractivity contribution in [2.24, 2.45) is 0 Å². The summed E-state index contributed by atoms with van der Waals surface area (Å²) in [4.78, 5) is 27.6. The van der Waals surface area contributed by atoms with Gasteiger partial charge in [-0.05, 0) is 54.4 Å². The van der Waals surface area contributed by atoms with Crippen LogP contribution in [-0.2, 0) is 9.59 Å². The lowest BCUT2D eigenvalue weighted by Crippen LogP contribution is -2.29. The summed E-state index contributed by atoms with van der Waals surface area (Å²) in [6.45, 7) is 1.77. The van der Waals surface area contributed by atoms with Crippen molar-refractivity contribution in [1.29, 1.82) is 0 Å². The van der Waals surface area contributed by atoms with Crippen LogP contribution >= 0.6 is 23.2 Å². The number of ether oxygens (including phenoxy) is 1. The van der Waals surface area contributed by atoms with Gasteiger partial charge in [0.05, 0.1) is 35.0 Å². The van der Waals surface area contributed by atoms with Crippen molar-refractivity contribution < 1.29 is 29.6 Å². The summed E-state index contributed by atoms with van der Waals surface area (Å²) in [7, 11) is 1.34. The smallest absolute Gasteiger partial charge is 0.300 e. The van der Waals surface area contributed by atoms with E-state index in [-0.39, 0.29) is 44.1 Å². The first kappa shape index (κ1) is 23.5. The van der Waals surface area contributed by atoms with E-state index in [1.807, 2.05) is 0 Å². The third-order valence-electron chi connectivity index (χ3n) is 5.51. The summed E-state index contributed by atoms with van der Waals surface area (Å²) in [5.41, 5.74) is 1.01. The van der Waals surface area contributed by atoms with Crippen LogP contribution in [-0.4, -0.2) is 34.1 Å². The molecule has 0 aromatic heterocycles. The number of Topliss-reactive ketones (excluding diaryl/α,β-unsaturated/α-hetero) is 1. The van der Waals surface area contributed by atoms with Gasteiger partial charge in [-0.1, -0.05) is 41.4 Å². The highest BCUT2D eigenvalue weighted by Gasteiger charge is 2.48. The molecule has 1 atom stereocenters. The molecule has 1 fully saturated rings. The zero-order valence-electron chi connectivity index (χ0n) is 18.0. The molecule has 9 heteroatoms. The highest BCUT2D eigenvalue weighted by atomic mass is 35.5. The molecule has 1 aliphatic heterocycles. The SMILES string of the molecule is COc1c(Cl)cc(Cl)cc1/C(O)=C1\C(=O)C(=O)N(c2cc(C)ccc2O)C1c1ccc(O)cc1. The lowest BCUT2D eigenvalue weighted by atomic mass is 9.94. The Kier molecular flexibility index (Phi) is 6.17. The lowest BCUT2D eigenvalue weighted by molar-refractivity contribution is -0.132. The molecule has 0 spiro atoms. The van der Waals surface area contributed by atoms with Crippen LogP contribution in [0.5, 0.6) is 17.2 Å². The third kappa shape index (κ3) is 3.93. The minimum Gasteiger partial charge on any atom is -0.508 e. The number of rotatable bonds is 4. The van der Waals surface area contributed by atoms with Gasteiger partial charge in [-0.25, -0.2) is 0 Å². The van der Waals surface area contributed by atoms with Crippen LogP contribution in [0.4, 0.5) is 5.69 Å². The highest BCUT2D eigenvalue weighted by Crippen LogP contribution is 2.47. The van der Waals surface area contributed by atoms with Crippen LogP contribution < -0.4 is 9.64 Å². The fourth-order valence-electron chi connectivity index (χ4n) is 3.97. The van der Waals surface area contributed by atoms with Crippen LogP contribution in [0, 0.1) is 6.92 Å². The van der Waals surface area contributed by atoms with E-state index in [2.05, 4.69) is 0 Å². The molecule has 34 heavy (non-hydrogen) atoms. The number of aromatic hydroxyl groups is 2. The van der Waals surface area contributed by atoms with Gasteiger partial charge in [0.1, 0.15) is 23.0 Å². The van der Waals surface area contributed by atoms with Crippen LogP contribution in [0.25, 0.3) is 5.76 Å². The molecule has 1 aliphatic rings. The number of carbonyl (C=O) groups excluding carboxylic acids is 2. The third-order valence-corrected chi connectivity index (χ3v) is 6.01. The second-order valence-electron chi connectivity index (χ2n) is 7.72. The summed E-state index contributed by atoms with van der Waals surface area (Å²) in [6, 6.07) is 12.1. The van der Waals surface area contributed by atoms with Gasteiger partial charge in [-0.3, -0.25) is 14.5 Å². The molecule has 3 aromatic rings. The quantitative estimate of drug-likeness (QED) is 0.253. The number of aliphatic hydroxyl groups excluding tert-OH is 1. The number of hydrogen-bond acceptors (Lipinski definition) is 6. The van der Waals surface area contributed by atoms with Crippen LogP contribution in [0.1, 0.15) is 22.7 Å². The maximum absolute atomic E-state index is 13.3. The molecule has 0 aliphatic carbocycles. The van der Waals surface area contributed by atoms with Crippen molar-refractivity contribution in [3.63, 3.8) is 0 Å². The van der Waals surface area contributed by atoms with Gasteiger partial charge >= 0.3 is 0 Å². The summed E-state index contributed by atoms with van der Waals surface area (Å²) < 4.78 is 5.31. The molecule has 3 N–H and O–H groups in total. The summed E-state index contributed by atoms with van der Waals surface area (Å²) in [5.74, 6) is -2.66. The second-order valence-corrected chi connectivity index (χ2v) is 8.56. The molecule has 174 valence electrons. The fraction of sp³-hybridized carbons (Fsp3) is 0.120. The summed E-state index contributed by atoms with van der Waals surface area (Å²) >= 11 is 12.3. The normalized spacial score (nSPS) is 17.3. The summed E-state index contributed by atoms with van der Waals surface area (Å²) in [5, 5.41) is 31.9. The molecule has 1 unspecified atom stereocenters. The maximum Gasteiger partial charge on any atom is 0.300 e. The molecule has 0 radical (unpaired) electrons. The van der Waals surface area contributed by atoms with Crippen molar-refractivity contribution >= 4 is 46.3 Å². The number of halogens is 2. The topological polar surface area (TPSA) is 107 Å². The predicted molar refractivity (Wildman–Crippen MR) is 129 cm³/mol. The number of aryl methyl sites for hydroxylation is 1. The molecule has 1 saturated heterocycles. The standard InChI is InChI=1S/C25H19Cl2NO6/c1-12-3-8-19(30)18(9-12)28-21(13-4-6-15(29)7-5-13)20(23(32)25(28)33)22(31)16-10-14(26)11-17(27)24(16)34-2/h3-11,21,29-31H,1-2H3/b22-20+. The van der Waals surface area contributed by atoms with Gasteiger partial charge in [0.15, 0.2) is 0 Å². The first-order chi connectivity index (χ1) is 16.1. The Bertz CT molecular complexity index is 1350. The zero-order chi connectivity index (χ0) is 24.7. The number of hydrogen-bond donors (Lipinski definition) is 3. The molecule has 7 nitrogen and oxygen atoms in total. The van der Waals surface area contributed by atoms with E-state index >= 15 is 0 Å². The van der Waals surface area contributed by atoms with Gasteiger partial charge in [-0.2, -0.15) is 0 Å². The number of methoxy groups -OCH3 is 1. The van der Waals surface area contributed by atoms with Gasteiger partial charge in [0, 0.05) is 5.02 Å². The Balaban J connectivity index is 2.04. The molecular weight excluding hydrogens is 481 g/mol. The van der Waals surface area contributed by atoms with Crippen molar-refractivity contribution in [3.8, 4) is 17.2 Å². The van der Waals surface area contributed by atoms with Crippen LogP contribution in [0.2, 0.25) is 10.0 Å². The number of aliphatic hydroxyl groups is 1. The molecule has 0 saturated carbocycles. The number of amides is 1. The van der Waals surface area contributed by atoms with E-state index in [1.165, 1.54) is 49.6 Å². The molecule has 1 amide bonds. The largest absolute Gasteiger partial charge is 0.508 e. The lowest BCUT2D eigenvalue weighted by Gasteiger charge is -2.26. The van der Waals surface area contributed by atoms with E-state index in [4.69, 9.17) is 27.9 Å². The first-order valence-electron chi connectivity index (χ1n) is 10.1. The Morgan fingerprint density at radius 2 is 1.68 bits per heavy atom. The average Bonchev–Trinajstić information content (AvgIpc) is 3.05. The molecule has 4 rings (SSSR count). The van der Waals surface area contributed by atoms with Crippen LogP contribution in [0.3, 0.4) is 0 Å². The van der Waals surface area contributed by atoms with Crippen molar-refractivity contribution in [1.82, 2.24) is 0 Å². The van der Waals surface area contributed by atoms with Crippen LogP contribution in [0.15, 0.2) is 60.2 Å². The van der Waals surface area contributed by atoms with Gasteiger partial charge in [-0.15, -0.1) is 0 Å². The minimum atomic E-state index is -1.13. The highest BCUT2D eigenvalue weighted by molar-refractivity contribution is 6.52. The predicted octanol–water partition coefficient (Wildman–Crippen LogP) is 5.35. The van der Waals surface area contributed by atoms with Crippen molar-refractivity contribution in [2.75, 3.05) is 12.0 Å². The number of phenols is 2. The van der Waals surface area contributed by atoms with E-state index in [0.29, 0.717) is 5.56 Å². The minimum absolute atomic E-state index is 0.0234. The Labute approximate surface area is 205 Å². The number of ketones is 1. The number of anilines is 1. The molecule has 3 aromatic carbocycles. The number of nitrogens with zero attached hydrogens (tertiary/aromatic N) is 1. The van der Waals surface area contributed by atoms with E-state index in [1.54, 1.807) is 19.1 Å². The molecular formula is C25H19Cl2NO6. The fourth-order valence-corrected chi connectivity index (χ4v) is 4.54. The number of carbonyl (C=O) groups is 2. The van der Waals surface area contributed by atoms with E-state index < -0.39 is 23.5 Å². The number of benzene rings is 3. The van der Waals surface area contributed by atoms with Gasteiger partial charge in [0.2, 0.25) is 0 Å². The monoisotopic (exact) mass is 499 g/mol.